The minimum Gasteiger partial charge on any atom is -0.372 e. The first-order valence-corrected chi connectivity index (χ1v) is 11.9. The number of hydrogen-bond donors (Lipinski definition) is 2. The van der Waals surface area contributed by atoms with Gasteiger partial charge in [0, 0.05) is 11.9 Å². The number of carbonyl (C=O) groups excluding carboxylic acids is 1. The third-order valence-corrected chi connectivity index (χ3v) is 6.89. The van der Waals surface area contributed by atoms with Crippen molar-refractivity contribution < 1.29 is 17.9 Å². The van der Waals surface area contributed by atoms with Crippen molar-refractivity contribution in [1.29, 1.82) is 0 Å². The van der Waals surface area contributed by atoms with Crippen LogP contribution < -0.4 is 10.6 Å². The molecule has 0 aliphatic rings. The maximum Gasteiger partial charge on any atom is 0.257 e. The van der Waals surface area contributed by atoms with Gasteiger partial charge in [-0.1, -0.05) is 60.7 Å². The number of rotatable bonds is 9. The van der Waals surface area contributed by atoms with Gasteiger partial charge in [-0.15, -0.1) is 0 Å². The third-order valence-electron chi connectivity index (χ3n) is 5.39. The Labute approximate surface area is 189 Å². The van der Waals surface area contributed by atoms with Gasteiger partial charge in [-0.05, 0) is 43.4 Å². The fourth-order valence-corrected chi connectivity index (χ4v) is 4.94. The summed E-state index contributed by atoms with van der Waals surface area (Å²) in [6, 6.07) is 18.8. The number of amides is 1. The molecular formula is C24H29N3O4S. The summed E-state index contributed by atoms with van der Waals surface area (Å²) in [5, 5.41) is 2.41. The molecule has 7 nitrogen and oxygen atoms in total. The van der Waals surface area contributed by atoms with Crippen LogP contribution in [-0.4, -0.2) is 38.0 Å². The number of sulfonamides is 1. The number of benzene rings is 3. The second kappa shape index (κ2) is 10.2. The Bertz CT molecular complexity index is 1180. The van der Waals surface area contributed by atoms with Gasteiger partial charge < -0.3 is 4.74 Å². The average Bonchev–Trinajstić information content (AvgIpc) is 2.81. The highest BCUT2D eigenvalue weighted by molar-refractivity contribution is 7.89. The second-order valence-corrected chi connectivity index (χ2v) is 9.33. The molecule has 1 amide bonds. The van der Waals surface area contributed by atoms with Gasteiger partial charge in [0.15, 0.2) is 0 Å². The molecule has 3 rings (SSSR count). The molecule has 0 aliphatic heterocycles. The Morgan fingerprint density at radius 3 is 2.31 bits per heavy atom. The Hall–Kier alpha value is -2.78. The number of hydrazine groups is 1. The number of nitrogens with two attached hydrogens (primary N) is 1. The van der Waals surface area contributed by atoms with E-state index in [0.29, 0.717) is 5.39 Å². The minimum absolute atomic E-state index is 0.104. The Morgan fingerprint density at radius 1 is 1.03 bits per heavy atom. The number of aryl methyl sites for hydroxylation is 1. The molecular weight excluding hydrogens is 426 g/mol. The maximum absolute atomic E-state index is 13.4. The summed E-state index contributed by atoms with van der Waals surface area (Å²) in [7, 11) is -4.05. The van der Waals surface area contributed by atoms with Crippen molar-refractivity contribution in [3.8, 4) is 0 Å². The first kappa shape index (κ1) is 23.9. The van der Waals surface area contributed by atoms with Crippen molar-refractivity contribution in [1.82, 2.24) is 9.73 Å². The largest absolute Gasteiger partial charge is 0.372 e. The van der Waals surface area contributed by atoms with Crippen LogP contribution in [0.5, 0.6) is 0 Å². The van der Waals surface area contributed by atoms with Crippen molar-refractivity contribution in [2.45, 2.75) is 44.4 Å². The maximum atomic E-state index is 13.4. The number of likely N-dealkylation sites (N-methyl/N-ethyl adjacent to an activating group) is 1. The molecule has 8 heteroatoms. The topological polar surface area (TPSA) is 102 Å². The molecule has 0 fully saturated rings. The number of nitrogens with one attached hydrogen (secondary N) is 1. The van der Waals surface area contributed by atoms with Crippen molar-refractivity contribution in [2.24, 2.45) is 5.84 Å². The molecule has 170 valence electrons. The van der Waals surface area contributed by atoms with Gasteiger partial charge in [-0.2, -0.15) is 4.72 Å². The predicted molar refractivity (Wildman–Crippen MR) is 125 cm³/mol. The van der Waals surface area contributed by atoms with Gasteiger partial charge in [0.2, 0.25) is 10.0 Å². The summed E-state index contributed by atoms with van der Waals surface area (Å²) in [5.41, 5.74) is 1.88. The molecule has 0 bridgehead atoms. The SMILES string of the molecule is CCN(N)C(=O)[C@H](NS(=O)(=O)c1ccc(C)c2ccccc12)[C@H](C)OCc1ccccc1. The zero-order chi connectivity index (χ0) is 23.3. The van der Waals surface area contributed by atoms with Gasteiger partial charge >= 0.3 is 0 Å². The zero-order valence-electron chi connectivity index (χ0n) is 18.5. The van der Waals surface area contributed by atoms with Crippen molar-refractivity contribution in [3.05, 3.63) is 77.9 Å². The van der Waals surface area contributed by atoms with E-state index >= 15 is 0 Å². The fraction of sp³-hybridized carbons (Fsp3) is 0.292. The highest BCUT2D eigenvalue weighted by Gasteiger charge is 2.33. The molecule has 0 aromatic heterocycles. The Morgan fingerprint density at radius 2 is 1.66 bits per heavy atom. The summed E-state index contributed by atoms with van der Waals surface area (Å²) in [6.07, 6.45) is -0.758. The van der Waals surface area contributed by atoms with Gasteiger partial charge in [0.25, 0.3) is 5.91 Å². The third kappa shape index (κ3) is 5.34. The molecule has 0 spiro atoms. The zero-order valence-corrected chi connectivity index (χ0v) is 19.3. The smallest absolute Gasteiger partial charge is 0.257 e. The van der Waals surface area contributed by atoms with Crippen LogP contribution in [0.2, 0.25) is 0 Å². The van der Waals surface area contributed by atoms with Gasteiger partial charge in [0.1, 0.15) is 6.04 Å². The van der Waals surface area contributed by atoms with Crippen LogP contribution in [0, 0.1) is 6.92 Å². The van der Waals surface area contributed by atoms with Gasteiger partial charge in [-0.3, -0.25) is 9.80 Å². The molecule has 3 N–H and O–H groups in total. The molecule has 0 unspecified atom stereocenters. The lowest BCUT2D eigenvalue weighted by Crippen LogP contribution is -2.56. The quantitative estimate of drug-likeness (QED) is 0.293. The summed E-state index contributed by atoms with van der Waals surface area (Å²) >= 11 is 0. The number of fused-ring (bicyclic) bond motifs is 1. The Kier molecular flexibility index (Phi) is 7.63. The molecule has 0 aliphatic carbocycles. The standard InChI is InChI=1S/C24H29N3O4S/c1-4-27(25)24(28)23(18(3)31-16-19-10-6-5-7-11-19)26-32(29,30)22-15-14-17(2)20-12-8-9-13-21(20)22/h5-15,18,23,26H,4,16,25H2,1-3H3/t18-,23+/m0/s1. The van der Waals surface area contributed by atoms with Gasteiger partial charge in [0.05, 0.1) is 17.6 Å². The first-order chi connectivity index (χ1) is 15.2. The van der Waals surface area contributed by atoms with E-state index in [0.717, 1.165) is 21.5 Å². The van der Waals surface area contributed by atoms with Crippen LogP contribution in [0.4, 0.5) is 0 Å². The fourth-order valence-electron chi connectivity index (χ4n) is 3.47. The lowest BCUT2D eigenvalue weighted by molar-refractivity contribution is -0.137. The van der Waals surface area contributed by atoms with E-state index in [4.69, 9.17) is 10.6 Å². The summed E-state index contributed by atoms with van der Waals surface area (Å²) < 4.78 is 35.2. The van der Waals surface area contributed by atoms with Crippen LogP contribution in [0.1, 0.15) is 25.0 Å². The summed E-state index contributed by atoms with van der Waals surface area (Å²) in [4.78, 5) is 13.1. The lowest BCUT2D eigenvalue weighted by Gasteiger charge is -2.28. The highest BCUT2D eigenvalue weighted by atomic mass is 32.2. The normalized spacial score (nSPS) is 13.6. The van der Waals surface area contributed by atoms with Crippen molar-refractivity contribution in [3.63, 3.8) is 0 Å². The van der Waals surface area contributed by atoms with Gasteiger partial charge in [-0.25, -0.2) is 14.3 Å². The number of carbonyl (C=O) groups is 1. The van der Waals surface area contributed by atoms with Crippen LogP contribution in [-0.2, 0) is 26.2 Å². The van der Waals surface area contributed by atoms with Crippen molar-refractivity contribution >= 4 is 26.7 Å². The van der Waals surface area contributed by atoms with Crippen LogP contribution >= 0.6 is 0 Å². The summed E-state index contributed by atoms with van der Waals surface area (Å²) in [6.45, 7) is 5.76. The van der Waals surface area contributed by atoms with E-state index in [1.165, 1.54) is 0 Å². The minimum atomic E-state index is -4.05. The van der Waals surface area contributed by atoms with E-state index in [1.807, 2.05) is 49.4 Å². The number of ether oxygens (including phenoxy) is 1. The van der Waals surface area contributed by atoms with E-state index in [9.17, 15) is 13.2 Å². The molecule has 0 saturated carbocycles. The van der Waals surface area contributed by atoms with Crippen molar-refractivity contribution in [2.75, 3.05) is 6.54 Å². The lowest BCUT2D eigenvalue weighted by atomic mass is 10.1. The average molecular weight is 456 g/mol. The van der Waals surface area contributed by atoms with Crippen LogP contribution in [0.25, 0.3) is 10.8 Å². The summed E-state index contributed by atoms with van der Waals surface area (Å²) in [5.74, 6) is 5.26. The van der Waals surface area contributed by atoms with E-state index in [1.54, 1.807) is 38.1 Å². The second-order valence-electron chi connectivity index (χ2n) is 7.65. The predicted octanol–water partition coefficient (Wildman–Crippen LogP) is 3.12. The van der Waals surface area contributed by atoms with E-state index < -0.39 is 28.1 Å². The molecule has 0 radical (unpaired) electrons. The molecule has 0 saturated heterocycles. The van der Waals surface area contributed by atoms with Crippen LogP contribution in [0.15, 0.2) is 71.6 Å². The number of hydrogen-bond acceptors (Lipinski definition) is 5. The molecule has 0 heterocycles. The number of nitrogens with zero attached hydrogens (tertiary/aromatic N) is 1. The monoisotopic (exact) mass is 455 g/mol. The molecule has 3 aromatic rings. The van der Waals surface area contributed by atoms with E-state index in [2.05, 4.69) is 4.72 Å². The van der Waals surface area contributed by atoms with E-state index in [-0.39, 0.29) is 18.0 Å². The molecule has 2 atom stereocenters. The van der Waals surface area contributed by atoms with Crippen LogP contribution in [0.3, 0.4) is 0 Å². The Balaban J connectivity index is 1.91. The molecule has 32 heavy (non-hydrogen) atoms. The molecule has 3 aromatic carbocycles. The highest BCUT2D eigenvalue weighted by Crippen LogP contribution is 2.26. The first-order valence-electron chi connectivity index (χ1n) is 10.5.